The maximum absolute atomic E-state index is 14.3. The van der Waals surface area contributed by atoms with E-state index in [1.807, 2.05) is 0 Å². The van der Waals surface area contributed by atoms with Crippen LogP contribution in [0.5, 0.6) is 0 Å². The summed E-state index contributed by atoms with van der Waals surface area (Å²) >= 11 is 0. The second kappa shape index (κ2) is 10.3. The van der Waals surface area contributed by atoms with Gasteiger partial charge in [0.2, 0.25) is 11.9 Å². The summed E-state index contributed by atoms with van der Waals surface area (Å²) in [4.78, 5) is 24.0. The van der Waals surface area contributed by atoms with Crippen LogP contribution in [-0.2, 0) is 4.79 Å². The summed E-state index contributed by atoms with van der Waals surface area (Å²) in [6.07, 6.45) is 7.26. The van der Waals surface area contributed by atoms with Crippen LogP contribution in [0.3, 0.4) is 0 Å². The van der Waals surface area contributed by atoms with Gasteiger partial charge in [-0.3, -0.25) is 4.79 Å². The van der Waals surface area contributed by atoms with E-state index in [0.717, 1.165) is 50.7 Å². The molecule has 0 spiro atoms. The zero-order valence-electron chi connectivity index (χ0n) is 19.6. The van der Waals surface area contributed by atoms with Crippen LogP contribution in [0.4, 0.5) is 20.5 Å². The topological polar surface area (TPSA) is 93.9 Å². The minimum Gasteiger partial charge on any atom is -0.357 e. The summed E-state index contributed by atoms with van der Waals surface area (Å²) in [6.45, 7) is 2.59. The number of carbonyl (C=O) groups is 1. The SMILES string of the molecule is CNc1nc(-c2cc(F)c(C#N)c(F)c2)cc(N2C[C@@H](C(=O)NC3CCCCC3)CC[C@H]2C)n1. The second-order valence-corrected chi connectivity index (χ2v) is 9.23. The lowest BCUT2D eigenvalue weighted by atomic mass is 9.90. The van der Waals surface area contributed by atoms with Crippen LogP contribution in [-0.4, -0.2) is 41.6 Å². The highest BCUT2D eigenvalue weighted by Gasteiger charge is 2.32. The number of piperidine rings is 1. The van der Waals surface area contributed by atoms with Crippen LogP contribution in [0.15, 0.2) is 18.2 Å². The number of benzene rings is 1. The van der Waals surface area contributed by atoms with E-state index in [0.29, 0.717) is 24.0 Å². The predicted molar refractivity (Wildman–Crippen MR) is 126 cm³/mol. The Bertz CT molecular complexity index is 1070. The molecule has 1 aliphatic carbocycles. The summed E-state index contributed by atoms with van der Waals surface area (Å²) in [5.74, 6) is -1.05. The molecule has 2 fully saturated rings. The van der Waals surface area contributed by atoms with Gasteiger partial charge in [0.1, 0.15) is 29.1 Å². The normalized spacial score (nSPS) is 21.1. The number of hydrogen-bond donors (Lipinski definition) is 2. The first kappa shape index (κ1) is 23.9. The Morgan fingerprint density at radius 1 is 1.09 bits per heavy atom. The standard InChI is InChI=1S/C25H30F2N6O/c1-15-8-9-16(24(34)30-18-6-4-3-5-7-18)14-33(15)23-12-22(31-25(29-2)32-23)17-10-20(26)19(13-28)21(27)11-17/h10-12,15-16,18H,3-9,14H2,1-2H3,(H,30,34)(H,29,31,32)/t15-,16+/m1/s1. The molecule has 2 heterocycles. The molecular formula is C25H30F2N6O. The number of rotatable bonds is 5. The fourth-order valence-corrected chi connectivity index (χ4v) is 4.88. The third-order valence-electron chi connectivity index (χ3n) is 6.88. The lowest BCUT2D eigenvalue weighted by Crippen LogP contribution is -2.49. The number of carbonyl (C=O) groups excluding carboxylic acids is 1. The molecule has 0 radical (unpaired) electrons. The van der Waals surface area contributed by atoms with Gasteiger partial charge in [-0.2, -0.15) is 10.2 Å². The molecule has 1 saturated heterocycles. The van der Waals surface area contributed by atoms with Crippen molar-refractivity contribution in [2.24, 2.45) is 5.92 Å². The number of hydrogen-bond acceptors (Lipinski definition) is 6. The first-order valence-electron chi connectivity index (χ1n) is 11.9. The monoisotopic (exact) mass is 468 g/mol. The molecule has 1 aromatic carbocycles. The molecular weight excluding hydrogens is 438 g/mol. The van der Waals surface area contributed by atoms with Crippen molar-refractivity contribution in [1.82, 2.24) is 15.3 Å². The highest BCUT2D eigenvalue weighted by Crippen LogP contribution is 2.31. The first-order chi connectivity index (χ1) is 16.4. The number of anilines is 2. The van der Waals surface area contributed by atoms with Crippen LogP contribution in [0.2, 0.25) is 0 Å². The van der Waals surface area contributed by atoms with E-state index in [1.54, 1.807) is 13.1 Å². The van der Waals surface area contributed by atoms with Gasteiger partial charge in [-0.15, -0.1) is 0 Å². The largest absolute Gasteiger partial charge is 0.357 e. The zero-order chi connectivity index (χ0) is 24.2. The Balaban J connectivity index is 1.60. The molecule has 2 atom stereocenters. The van der Waals surface area contributed by atoms with E-state index < -0.39 is 17.2 Å². The Labute approximate surface area is 198 Å². The molecule has 180 valence electrons. The molecule has 7 nitrogen and oxygen atoms in total. The van der Waals surface area contributed by atoms with Crippen molar-refractivity contribution >= 4 is 17.7 Å². The molecule has 2 aliphatic rings. The van der Waals surface area contributed by atoms with E-state index >= 15 is 0 Å². The first-order valence-corrected chi connectivity index (χ1v) is 11.9. The number of nitrogens with one attached hydrogen (secondary N) is 2. The van der Waals surface area contributed by atoms with Gasteiger partial charge in [-0.1, -0.05) is 19.3 Å². The summed E-state index contributed by atoms with van der Waals surface area (Å²) in [7, 11) is 1.67. The summed E-state index contributed by atoms with van der Waals surface area (Å²) in [5, 5.41) is 15.1. The Morgan fingerprint density at radius 3 is 2.44 bits per heavy atom. The lowest BCUT2D eigenvalue weighted by molar-refractivity contribution is -0.126. The Hall–Kier alpha value is -3.28. The zero-order valence-corrected chi connectivity index (χ0v) is 19.6. The third kappa shape index (κ3) is 5.11. The van der Waals surface area contributed by atoms with Crippen molar-refractivity contribution in [3.63, 3.8) is 0 Å². The molecule has 4 rings (SSSR count). The molecule has 0 bridgehead atoms. The number of nitriles is 1. The predicted octanol–water partition coefficient (Wildman–Crippen LogP) is 4.39. The maximum atomic E-state index is 14.3. The lowest BCUT2D eigenvalue weighted by Gasteiger charge is -2.39. The van der Waals surface area contributed by atoms with Crippen molar-refractivity contribution < 1.29 is 13.6 Å². The molecule has 34 heavy (non-hydrogen) atoms. The molecule has 0 unspecified atom stereocenters. The van der Waals surface area contributed by atoms with Gasteiger partial charge in [-0.05, 0) is 44.7 Å². The van der Waals surface area contributed by atoms with Crippen molar-refractivity contribution in [2.75, 3.05) is 23.8 Å². The summed E-state index contributed by atoms with van der Waals surface area (Å²) < 4.78 is 28.5. The Kier molecular flexibility index (Phi) is 7.25. The average Bonchev–Trinajstić information content (AvgIpc) is 2.84. The van der Waals surface area contributed by atoms with Gasteiger partial charge in [0.25, 0.3) is 0 Å². The highest BCUT2D eigenvalue weighted by atomic mass is 19.1. The molecule has 2 N–H and O–H groups in total. The van der Waals surface area contributed by atoms with Gasteiger partial charge < -0.3 is 15.5 Å². The van der Waals surface area contributed by atoms with E-state index in [9.17, 15) is 13.6 Å². The fraction of sp³-hybridized carbons (Fsp3) is 0.520. The van der Waals surface area contributed by atoms with Crippen LogP contribution in [0.1, 0.15) is 57.4 Å². The number of aromatic nitrogens is 2. The minimum atomic E-state index is -0.936. The van der Waals surface area contributed by atoms with Gasteiger partial charge in [0, 0.05) is 37.3 Å². The van der Waals surface area contributed by atoms with Gasteiger partial charge in [0.05, 0.1) is 11.6 Å². The second-order valence-electron chi connectivity index (χ2n) is 9.23. The van der Waals surface area contributed by atoms with E-state index in [2.05, 4.69) is 32.4 Å². The summed E-state index contributed by atoms with van der Waals surface area (Å²) in [5.41, 5.74) is -0.0774. The maximum Gasteiger partial charge on any atom is 0.225 e. The third-order valence-corrected chi connectivity index (χ3v) is 6.88. The average molecular weight is 469 g/mol. The molecule has 2 aromatic rings. The quantitative estimate of drug-likeness (QED) is 0.676. The van der Waals surface area contributed by atoms with Crippen molar-refractivity contribution in [3.05, 3.63) is 35.4 Å². The molecule has 1 saturated carbocycles. The highest BCUT2D eigenvalue weighted by molar-refractivity contribution is 5.80. The van der Waals surface area contributed by atoms with E-state index in [1.165, 1.54) is 12.5 Å². The Morgan fingerprint density at radius 2 is 1.79 bits per heavy atom. The van der Waals surface area contributed by atoms with Gasteiger partial charge >= 0.3 is 0 Å². The van der Waals surface area contributed by atoms with E-state index in [-0.39, 0.29) is 29.5 Å². The number of amides is 1. The number of halogens is 2. The van der Waals surface area contributed by atoms with Crippen LogP contribution in [0, 0.1) is 28.9 Å². The smallest absolute Gasteiger partial charge is 0.225 e. The van der Waals surface area contributed by atoms with Crippen molar-refractivity contribution in [3.8, 4) is 17.3 Å². The van der Waals surface area contributed by atoms with Crippen molar-refractivity contribution in [2.45, 2.75) is 64.0 Å². The molecule has 1 amide bonds. The molecule has 1 aliphatic heterocycles. The molecule has 1 aromatic heterocycles. The van der Waals surface area contributed by atoms with Gasteiger partial charge in [-0.25, -0.2) is 13.8 Å². The van der Waals surface area contributed by atoms with Crippen LogP contribution >= 0.6 is 0 Å². The van der Waals surface area contributed by atoms with Crippen molar-refractivity contribution in [1.29, 1.82) is 5.26 Å². The summed E-state index contributed by atoms with van der Waals surface area (Å²) in [6, 6.07) is 5.83. The van der Waals surface area contributed by atoms with E-state index in [4.69, 9.17) is 5.26 Å². The van der Waals surface area contributed by atoms with Crippen LogP contribution < -0.4 is 15.5 Å². The number of nitrogens with zero attached hydrogens (tertiary/aromatic N) is 4. The van der Waals surface area contributed by atoms with Gasteiger partial charge in [0.15, 0.2) is 0 Å². The molecule has 9 heteroatoms. The van der Waals surface area contributed by atoms with Crippen LogP contribution in [0.25, 0.3) is 11.3 Å². The fourth-order valence-electron chi connectivity index (χ4n) is 4.88. The minimum absolute atomic E-state index is 0.0863.